The number of piperidine rings is 1. The van der Waals surface area contributed by atoms with E-state index in [0.717, 1.165) is 38.4 Å². The third kappa shape index (κ3) is 8.20. The van der Waals surface area contributed by atoms with Crippen LogP contribution in [0.4, 0.5) is 5.69 Å². The van der Waals surface area contributed by atoms with Crippen LogP contribution in [-0.4, -0.2) is 48.5 Å². The highest BCUT2D eigenvalue weighted by Crippen LogP contribution is 2.25. The first-order valence-electron chi connectivity index (χ1n) is 9.60. The first-order chi connectivity index (χ1) is 12.2. The Bertz CT molecular complexity index is 564. The molecule has 0 aromatic heterocycles. The van der Waals surface area contributed by atoms with Crippen LogP contribution in [0.2, 0.25) is 0 Å². The number of carbonyl (C=O) groups is 1. The standard InChI is InChI=1S/C20H31N3OS.2ClH/c1-16(18-5-7-21-8-6-18)13-20(24)22-19-4-2-3-17(14-19)15-23-9-11-25-12-10-23;;/h2-4,14,16,18,21H,5-13,15H2,1H3,(H,22,24);2*1H. The number of thioether (sulfide) groups is 1. The van der Waals surface area contributed by atoms with Crippen LogP contribution in [0.5, 0.6) is 0 Å². The highest BCUT2D eigenvalue weighted by Gasteiger charge is 2.22. The Labute approximate surface area is 180 Å². The van der Waals surface area contributed by atoms with E-state index in [1.807, 2.05) is 17.8 Å². The summed E-state index contributed by atoms with van der Waals surface area (Å²) in [5.74, 6) is 3.74. The first-order valence-corrected chi connectivity index (χ1v) is 10.8. The van der Waals surface area contributed by atoms with Crippen molar-refractivity contribution in [2.75, 3.05) is 43.0 Å². The molecule has 7 heteroatoms. The molecule has 2 fully saturated rings. The van der Waals surface area contributed by atoms with Gasteiger partial charge in [-0.25, -0.2) is 0 Å². The molecule has 0 bridgehead atoms. The molecule has 3 rings (SSSR count). The summed E-state index contributed by atoms with van der Waals surface area (Å²) >= 11 is 2.04. The zero-order valence-corrected chi connectivity index (χ0v) is 18.6. The first kappa shape index (κ1) is 24.6. The fraction of sp³-hybridized carbons (Fsp3) is 0.650. The number of amides is 1. The third-order valence-corrected chi connectivity index (χ3v) is 6.36. The number of hydrogen-bond donors (Lipinski definition) is 2. The monoisotopic (exact) mass is 433 g/mol. The van der Waals surface area contributed by atoms with E-state index in [2.05, 4.69) is 40.7 Å². The Balaban J connectivity index is 0.00000182. The SMILES string of the molecule is CC(CC(=O)Nc1cccc(CN2CCSCC2)c1)C1CCNCC1.Cl.Cl. The van der Waals surface area contributed by atoms with Gasteiger partial charge in [-0.15, -0.1) is 24.8 Å². The fourth-order valence-electron chi connectivity index (χ4n) is 3.85. The van der Waals surface area contributed by atoms with Gasteiger partial charge in [0.05, 0.1) is 0 Å². The van der Waals surface area contributed by atoms with Gasteiger partial charge >= 0.3 is 0 Å². The van der Waals surface area contributed by atoms with Gasteiger partial charge in [-0.3, -0.25) is 9.69 Å². The highest BCUT2D eigenvalue weighted by molar-refractivity contribution is 7.99. The lowest BCUT2D eigenvalue weighted by Gasteiger charge is -2.28. The molecule has 2 N–H and O–H groups in total. The molecule has 2 aliphatic rings. The van der Waals surface area contributed by atoms with E-state index < -0.39 is 0 Å². The van der Waals surface area contributed by atoms with Crippen LogP contribution in [-0.2, 0) is 11.3 Å². The van der Waals surface area contributed by atoms with E-state index in [9.17, 15) is 4.79 Å². The average Bonchev–Trinajstić information content (AvgIpc) is 2.63. The predicted octanol–water partition coefficient (Wildman–Crippen LogP) is 4.04. The van der Waals surface area contributed by atoms with Crippen molar-refractivity contribution in [3.8, 4) is 0 Å². The molecule has 0 radical (unpaired) electrons. The van der Waals surface area contributed by atoms with Crippen LogP contribution in [0.25, 0.3) is 0 Å². The molecule has 0 saturated carbocycles. The second kappa shape index (κ2) is 12.9. The van der Waals surface area contributed by atoms with Gasteiger partial charge in [-0.05, 0) is 55.5 Å². The Hall–Kier alpha value is -0.460. The maximum atomic E-state index is 12.4. The van der Waals surface area contributed by atoms with Gasteiger partial charge in [-0.1, -0.05) is 19.1 Å². The molecule has 2 heterocycles. The van der Waals surface area contributed by atoms with Crippen molar-refractivity contribution in [1.82, 2.24) is 10.2 Å². The van der Waals surface area contributed by atoms with Crippen LogP contribution in [0.1, 0.15) is 31.7 Å². The Morgan fingerprint density at radius 2 is 1.96 bits per heavy atom. The molecule has 1 aromatic carbocycles. The molecule has 1 atom stereocenters. The maximum Gasteiger partial charge on any atom is 0.224 e. The second-order valence-electron chi connectivity index (χ2n) is 7.41. The molecule has 0 aliphatic carbocycles. The van der Waals surface area contributed by atoms with E-state index in [1.54, 1.807) is 0 Å². The average molecular weight is 434 g/mol. The normalized spacial score (nSPS) is 19.4. The van der Waals surface area contributed by atoms with Crippen LogP contribution in [0.3, 0.4) is 0 Å². The minimum atomic E-state index is 0. The van der Waals surface area contributed by atoms with Crippen LogP contribution in [0, 0.1) is 11.8 Å². The molecule has 154 valence electrons. The maximum absolute atomic E-state index is 12.4. The summed E-state index contributed by atoms with van der Waals surface area (Å²) in [5.41, 5.74) is 2.22. The lowest BCUT2D eigenvalue weighted by Crippen LogP contribution is -2.32. The Morgan fingerprint density at radius 1 is 1.26 bits per heavy atom. The summed E-state index contributed by atoms with van der Waals surface area (Å²) in [6, 6.07) is 8.35. The molecule has 1 aromatic rings. The molecule has 1 unspecified atom stereocenters. The van der Waals surface area contributed by atoms with Crippen molar-refractivity contribution in [3.63, 3.8) is 0 Å². The van der Waals surface area contributed by atoms with E-state index in [-0.39, 0.29) is 30.7 Å². The van der Waals surface area contributed by atoms with Crippen molar-refractivity contribution < 1.29 is 4.79 Å². The van der Waals surface area contributed by atoms with Crippen molar-refractivity contribution in [1.29, 1.82) is 0 Å². The van der Waals surface area contributed by atoms with Crippen molar-refractivity contribution in [3.05, 3.63) is 29.8 Å². The minimum Gasteiger partial charge on any atom is -0.326 e. The van der Waals surface area contributed by atoms with Gasteiger partial charge in [0.15, 0.2) is 0 Å². The number of nitrogens with zero attached hydrogens (tertiary/aromatic N) is 1. The van der Waals surface area contributed by atoms with Gasteiger partial charge in [0.1, 0.15) is 0 Å². The number of anilines is 1. The van der Waals surface area contributed by atoms with Gasteiger partial charge in [0.25, 0.3) is 0 Å². The van der Waals surface area contributed by atoms with Crippen LogP contribution >= 0.6 is 36.6 Å². The molecule has 2 saturated heterocycles. The molecular weight excluding hydrogens is 401 g/mol. The summed E-state index contributed by atoms with van der Waals surface area (Å²) in [7, 11) is 0. The fourth-order valence-corrected chi connectivity index (χ4v) is 4.83. The topological polar surface area (TPSA) is 44.4 Å². The molecule has 27 heavy (non-hydrogen) atoms. The van der Waals surface area contributed by atoms with Gasteiger partial charge in [0.2, 0.25) is 5.91 Å². The van der Waals surface area contributed by atoms with Gasteiger partial charge < -0.3 is 10.6 Å². The highest BCUT2D eigenvalue weighted by atomic mass is 35.5. The third-order valence-electron chi connectivity index (χ3n) is 5.42. The van der Waals surface area contributed by atoms with Gasteiger partial charge in [0, 0.05) is 43.2 Å². The Kier molecular flexibility index (Phi) is 11.7. The number of rotatable bonds is 6. The van der Waals surface area contributed by atoms with E-state index in [4.69, 9.17) is 0 Å². The van der Waals surface area contributed by atoms with Crippen LogP contribution in [0.15, 0.2) is 24.3 Å². The lowest BCUT2D eigenvalue weighted by atomic mass is 9.84. The molecule has 2 aliphatic heterocycles. The lowest BCUT2D eigenvalue weighted by molar-refractivity contribution is -0.117. The predicted molar refractivity (Wildman–Crippen MR) is 122 cm³/mol. The van der Waals surface area contributed by atoms with Crippen LogP contribution < -0.4 is 10.6 Å². The summed E-state index contributed by atoms with van der Waals surface area (Å²) in [6.45, 7) is 7.71. The molecule has 0 spiro atoms. The molecule has 4 nitrogen and oxygen atoms in total. The summed E-state index contributed by atoms with van der Waals surface area (Å²) in [4.78, 5) is 14.9. The number of benzene rings is 1. The van der Waals surface area contributed by atoms with E-state index >= 15 is 0 Å². The zero-order valence-electron chi connectivity index (χ0n) is 16.1. The number of hydrogen-bond acceptors (Lipinski definition) is 4. The Morgan fingerprint density at radius 3 is 2.67 bits per heavy atom. The number of carbonyl (C=O) groups excluding carboxylic acids is 1. The zero-order chi connectivity index (χ0) is 17.5. The van der Waals surface area contributed by atoms with Crippen molar-refractivity contribution >= 4 is 48.2 Å². The summed E-state index contributed by atoms with van der Waals surface area (Å²) in [5, 5.41) is 6.51. The molecular formula is C20H33Cl2N3OS. The van der Waals surface area contributed by atoms with Crippen molar-refractivity contribution in [2.24, 2.45) is 11.8 Å². The second-order valence-corrected chi connectivity index (χ2v) is 8.63. The number of nitrogens with one attached hydrogen (secondary N) is 2. The summed E-state index contributed by atoms with van der Waals surface area (Å²) < 4.78 is 0. The van der Waals surface area contributed by atoms with Gasteiger partial charge in [-0.2, -0.15) is 11.8 Å². The summed E-state index contributed by atoms with van der Waals surface area (Å²) in [6.07, 6.45) is 3.01. The molecule has 1 amide bonds. The van der Waals surface area contributed by atoms with E-state index in [1.165, 1.54) is 29.9 Å². The largest absolute Gasteiger partial charge is 0.326 e. The van der Waals surface area contributed by atoms with Crippen molar-refractivity contribution in [2.45, 2.75) is 32.7 Å². The smallest absolute Gasteiger partial charge is 0.224 e. The minimum absolute atomic E-state index is 0. The van der Waals surface area contributed by atoms with E-state index in [0.29, 0.717) is 18.3 Å². The number of halogens is 2. The quantitative estimate of drug-likeness (QED) is 0.709.